The van der Waals surface area contributed by atoms with Crippen LogP contribution in [0.4, 0.5) is 5.69 Å². The molecule has 1 unspecified atom stereocenters. The normalized spacial score (nSPS) is 20.7. The Morgan fingerprint density at radius 1 is 1.04 bits per heavy atom. The van der Waals surface area contributed by atoms with Gasteiger partial charge in [0.2, 0.25) is 0 Å². The number of hydrogen-bond donors (Lipinski definition) is 2. The maximum absolute atomic E-state index is 6.18. The molecule has 2 aliphatic rings. The molecular formula is C22H28N4O. The van der Waals surface area contributed by atoms with Crippen molar-refractivity contribution >= 4 is 11.6 Å². The van der Waals surface area contributed by atoms with Crippen LogP contribution in [0.15, 0.2) is 59.6 Å². The number of anilines is 1. The Morgan fingerprint density at radius 3 is 2.59 bits per heavy atom. The van der Waals surface area contributed by atoms with Crippen LogP contribution in [0.3, 0.4) is 0 Å². The minimum absolute atomic E-state index is 0.179. The third kappa shape index (κ3) is 4.35. The van der Waals surface area contributed by atoms with Gasteiger partial charge in [0.1, 0.15) is 5.75 Å². The summed E-state index contributed by atoms with van der Waals surface area (Å²) < 4.78 is 5.71. The van der Waals surface area contributed by atoms with E-state index in [9.17, 15) is 0 Å². The smallest absolute Gasteiger partial charge is 0.189 e. The second kappa shape index (κ2) is 8.33. The molecule has 1 fully saturated rings. The molecule has 2 aromatic rings. The number of ether oxygens (including phenoxy) is 1. The lowest BCUT2D eigenvalue weighted by molar-refractivity contribution is 0.262. The summed E-state index contributed by atoms with van der Waals surface area (Å²) in [6.45, 7) is 3.68. The van der Waals surface area contributed by atoms with Gasteiger partial charge < -0.3 is 20.7 Å². The van der Waals surface area contributed by atoms with Crippen molar-refractivity contribution in [1.29, 1.82) is 0 Å². The van der Waals surface area contributed by atoms with Crippen LogP contribution in [0.2, 0.25) is 0 Å². The first kappa shape index (κ1) is 17.7. The first-order valence-electron chi connectivity index (χ1n) is 9.88. The minimum Gasteiger partial charge on any atom is -0.493 e. The van der Waals surface area contributed by atoms with E-state index in [1.165, 1.54) is 5.69 Å². The van der Waals surface area contributed by atoms with E-state index in [2.05, 4.69) is 51.6 Å². The highest BCUT2D eigenvalue weighted by Gasteiger charge is 2.22. The number of nitrogens with one attached hydrogen (secondary N) is 1. The highest BCUT2D eigenvalue weighted by atomic mass is 16.5. The maximum Gasteiger partial charge on any atom is 0.189 e. The molecule has 142 valence electrons. The number of nitrogens with zero attached hydrogens (tertiary/aromatic N) is 2. The molecule has 4 rings (SSSR count). The molecule has 5 heteroatoms. The van der Waals surface area contributed by atoms with Gasteiger partial charge in [-0.25, -0.2) is 0 Å². The summed E-state index contributed by atoms with van der Waals surface area (Å²) >= 11 is 0. The van der Waals surface area contributed by atoms with Crippen LogP contribution in [0, 0.1) is 5.92 Å². The number of fused-ring (bicyclic) bond motifs is 1. The van der Waals surface area contributed by atoms with Crippen LogP contribution in [0.5, 0.6) is 5.75 Å². The van der Waals surface area contributed by atoms with Gasteiger partial charge in [-0.3, -0.25) is 4.99 Å². The average Bonchev–Trinajstić information content (AvgIpc) is 2.74. The van der Waals surface area contributed by atoms with E-state index < -0.39 is 0 Å². The number of hydrogen-bond acceptors (Lipinski definition) is 3. The standard InChI is InChI=1S/C22H28N4O/c23-22(25-20-12-15-27-21-9-5-4-8-19(20)21)24-16-17-10-13-26(14-11-17)18-6-2-1-3-7-18/h1-9,17,20H,10-16H2,(H3,23,24,25). The van der Waals surface area contributed by atoms with E-state index in [-0.39, 0.29) is 6.04 Å². The fraction of sp³-hybridized carbons (Fsp3) is 0.409. The molecule has 0 amide bonds. The van der Waals surface area contributed by atoms with E-state index in [1.54, 1.807) is 0 Å². The monoisotopic (exact) mass is 364 g/mol. The molecule has 2 aliphatic heterocycles. The summed E-state index contributed by atoms with van der Waals surface area (Å²) in [6, 6.07) is 19.0. The zero-order valence-electron chi connectivity index (χ0n) is 15.7. The van der Waals surface area contributed by atoms with E-state index in [4.69, 9.17) is 10.5 Å². The molecular weight excluding hydrogens is 336 g/mol. The quantitative estimate of drug-likeness (QED) is 0.645. The topological polar surface area (TPSA) is 62.9 Å². The van der Waals surface area contributed by atoms with Crippen LogP contribution in [0.1, 0.15) is 30.9 Å². The van der Waals surface area contributed by atoms with E-state index in [0.717, 1.165) is 50.2 Å². The van der Waals surface area contributed by atoms with Crippen LogP contribution in [-0.4, -0.2) is 32.2 Å². The van der Waals surface area contributed by atoms with Gasteiger partial charge in [0.25, 0.3) is 0 Å². The highest BCUT2D eigenvalue weighted by Crippen LogP contribution is 2.31. The summed E-state index contributed by atoms with van der Waals surface area (Å²) in [7, 11) is 0. The van der Waals surface area contributed by atoms with Crippen molar-refractivity contribution in [2.24, 2.45) is 16.6 Å². The van der Waals surface area contributed by atoms with Crippen molar-refractivity contribution in [2.45, 2.75) is 25.3 Å². The van der Waals surface area contributed by atoms with Crippen LogP contribution in [-0.2, 0) is 0 Å². The van der Waals surface area contributed by atoms with Crippen molar-refractivity contribution in [3.05, 3.63) is 60.2 Å². The van der Waals surface area contributed by atoms with E-state index in [0.29, 0.717) is 18.5 Å². The Labute approximate surface area is 161 Å². The number of benzene rings is 2. The number of piperidine rings is 1. The van der Waals surface area contributed by atoms with Gasteiger partial charge in [-0.05, 0) is 37.0 Å². The maximum atomic E-state index is 6.18. The van der Waals surface area contributed by atoms with Crippen LogP contribution in [0.25, 0.3) is 0 Å². The first-order chi connectivity index (χ1) is 13.3. The predicted molar refractivity (Wildman–Crippen MR) is 110 cm³/mol. The lowest BCUT2D eigenvalue weighted by Gasteiger charge is -2.33. The Kier molecular flexibility index (Phi) is 5.47. The highest BCUT2D eigenvalue weighted by molar-refractivity contribution is 5.78. The van der Waals surface area contributed by atoms with Gasteiger partial charge in [-0.15, -0.1) is 0 Å². The predicted octanol–water partition coefficient (Wildman–Crippen LogP) is 3.33. The summed E-state index contributed by atoms with van der Waals surface area (Å²) in [5.41, 5.74) is 8.67. The second-order valence-corrected chi connectivity index (χ2v) is 7.36. The van der Waals surface area contributed by atoms with Gasteiger partial charge in [0, 0.05) is 37.3 Å². The third-order valence-electron chi connectivity index (χ3n) is 5.54. The Hall–Kier alpha value is -2.69. The Bertz CT molecular complexity index is 769. The SMILES string of the molecule is NC(=NCC1CCN(c2ccccc2)CC1)NC1CCOc2ccccc21. The number of aliphatic imine (C=N–C) groups is 1. The Balaban J connectivity index is 1.28. The largest absolute Gasteiger partial charge is 0.493 e. The molecule has 2 heterocycles. The molecule has 2 aromatic carbocycles. The summed E-state index contributed by atoms with van der Waals surface area (Å²) in [5.74, 6) is 2.09. The van der Waals surface area contributed by atoms with Crippen molar-refractivity contribution in [3.63, 3.8) is 0 Å². The molecule has 1 atom stereocenters. The van der Waals surface area contributed by atoms with Crippen molar-refractivity contribution in [1.82, 2.24) is 5.32 Å². The van der Waals surface area contributed by atoms with Gasteiger partial charge in [-0.1, -0.05) is 36.4 Å². The number of guanidine groups is 1. The number of para-hydroxylation sites is 2. The Morgan fingerprint density at radius 2 is 1.78 bits per heavy atom. The summed E-state index contributed by atoms with van der Waals surface area (Å²) in [4.78, 5) is 7.10. The second-order valence-electron chi connectivity index (χ2n) is 7.36. The van der Waals surface area contributed by atoms with Crippen LogP contribution >= 0.6 is 0 Å². The molecule has 0 aromatic heterocycles. The fourth-order valence-corrected chi connectivity index (χ4v) is 3.96. The molecule has 0 aliphatic carbocycles. The average molecular weight is 364 g/mol. The molecule has 27 heavy (non-hydrogen) atoms. The van der Waals surface area contributed by atoms with Crippen molar-refractivity contribution in [3.8, 4) is 5.75 Å². The van der Waals surface area contributed by atoms with Gasteiger partial charge in [0.15, 0.2) is 5.96 Å². The molecule has 3 N–H and O–H groups in total. The van der Waals surface area contributed by atoms with Gasteiger partial charge in [0.05, 0.1) is 12.6 Å². The lowest BCUT2D eigenvalue weighted by atomic mass is 9.96. The van der Waals surface area contributed by atoms with E-state index in [1.807, 2.05) is 18.2 Å². The molecule has 1 saturated heterocycles. The fourth-order valence-electron chi connectivity index (χ4n) is 3.96. The number of nitrogens with two attached hydrogens (primary N) is 1. The minimum atomic E-state index is 0.179. The number of rotatable bonds is 4. The van der Waals surface area contributed by atoms with Crippen LogP contribution < -0.4 is 20.7 Å². The lowest BCUT2D eigenvalue weighted by Crippen LogP contribution is -2.38. The molecule has 0 radical (unpaired) electrons. The van der Waals surface area contributed by atoms with Crippen molar-refractivity contribution in [2.75, 3.05) is 31.1 Å². The summed E-state index contributed by atoms with van der Waals surface area (Å²) in [6.07, 6.45) is 3.22. The zero-order chi connectivity index (χ0) is 18.5. The summed E-state index contributed by atoms with van der Waals surface area (Å²) in [5, 5.41) is 3.39. The zero-order valence-corrected chi connectivity index (χ0v) is 15.7. The van der Waals surface area contributed by atoms with Gasteiger partial charge in [-0.2, -0.15) is 0 Å². The third-order valence-corrected chi connectivity index (χ3v) is 5.54. The van der Waals surface area contributed by atoms with Gasteiger partial charge >= 0.3 is 0 Å². The molecule has 0 saturated carbocycles. The molecule has 0 bridgehead atoms. The first-order valence-corrected chi connectivity index (χ1v) is 9.88. The molecule has 5 nitrogen and oxygen atoms in total. The van der Waals surface area contributed by atoms with E-state index >= 15 is 0 Å². The molecule has 0 spiro atoms. The van der Waals surface area contributed by atoms with Crippen molar-refractivity contribution < 1.29 is 4.74 Å².